The fourth-order valence-electron chi connectivity index (χ4n) is 1.88. The first-order valence-electron chi connectivity index (χ1n) is 5.52. The molecule has 4 heteroatoms. The van der Waals surface area contributed by atoms with Crippen LogP contribution in [0.5, 0.6) is 0 Å². The van der Waals surface area contributed by atoms with Gasteiger partial charge in [0.05, 0.1) is 16.6 Å². The number of rotatable bonds is 4. The first kappa shape index (κ1) is 13.2. The summed E-state index contributed by atoms with van der Waals surface area (Å²) in [5.41, 5.74) is 2.80. The predicted octanol–water partition coefficient (Wildman–Crippen LogP) is 4.64. The van der Waals surface area contributed by atoms with E-state index in [1.165, 1.54) is 21.2 Å². The van der Waals surface area contributed by atoms with Gasteiger partial charge in [0.2, 0.25) is 0 Å². The average molecular weight is 283 g/mol. The maximum atomic E-state index is 2.41. The van der Waals surface area contributed by atoms with Crippen LogP contribution in [0.4, 0.5) is 5.69 Å². The van der Waals surface area contributed by atoms with E-state index in [4.69, 9.17) is 0 Å². The highest BCUT2D eigenvalue weighted by Crippen LogP contribution is 2.46. The van der Waals surface area contributed by atoms with Crippen molar-refractivity contribution in [2.45, 2.75) is 17.6 Å². The van der Waals surface area contributed by atoms with Gasteiger partial charge in [-0.25, -0.2) is 0 Å². The van der Waals surface area contributed by atoms with E-state index in [1.54, 1.807) is 0 Å². The Kier molecular flexibility index (Phi) is 4.77. The van der Waals surface area contributed by atoms with Crippen LogP contribution in [0.1, 0.15) is 12.5 Å². The minimum Gasteiger partial charge on any atom is -0.325 e. The second-order valence-electron chi connectivity index (χ2n) is 3.81. The molecular formula is C13H17NS3. The number of nitrogens with zero attached hydrogens (tertiary/aromatic N) is 1. The highest BCUT2D eigenvalue weighted by molar-refractivity contribution is 8.04. The van der Waals surface area contributed by atoms with E-state index in [2.05, 4.69) is 48.6 Å². The Morgan fingerprint density at radius 2 is 2.12 bits per heavy atom. The van der Waals surface area contributed by atoms with Gasteiger partial charge in [0.1, 0.15) is 0 Å². The Bertz CT molecular complexity index is 429. The second kappa shape index (κ2) is 6.12. The number of fused-ring (bicyclic) bond motifs is 1. The van der Waals surface area contributed by atoms with Gasteiger partial charge in [-0.15, -0.1) is 11.8 Å². The molecule has 0 atom stereocenters. The zero-order valence-electron chi connectivity index (χ0n) is 10.4. The van der Waals surface area contributed by atoms with Crippen LogP contribution in [0, 0.1) is 0 Å². The minimum atomic E-state index is 1.03. The summed E-state index contributed by atoms with van der Waals surface area (Å²) in [6.07, 6.45) is 6.51. The van der Waals surface area contributed by atoms with Crippen LogP contribution in [-0.2, 0) is 5.75 Å². The standard InChI is InChI=1S/C13H17NS3/c1-4-13-14(9-16-3)11-7-10(8-15-2)5-6-12(11)17-13/h4-7H,8-9H2,1-3H3/b13-4-. The van der Waals surface area contributed by atoms with Gasteiger partial charge in [-0.1, -0.05) is 23.9 Å². The number of anilines is 1. The van der Waals surface area contributed by atoms with Crippen molar-refractivity contribution in [2.75, 3.05) is 23.3 Å². The molecule has 0 N–H and O–H groups in total. The zero-order valence-corrected chi connectivity index (χ0v) is 12.8. The van der Waals surface area contributed by atoms with Crippen LogP contribution in [0.25, 0.3) is 0 Å². The summed E-state index contributed by atoms with van der Waals surface area (Å²) in [5, 5.41) is 1.36. The monoisotopic (exact) mass is 283 g/mol. The van der Waals surface area contributed by atoms with Gasteiger partial charge in [-0.3, -0.25) is 0 Å². The Morgan fingerprint density at radius 1 is 1.29 bits per heavy atom. The summed E-state index contributed by atoms with van der Waals surface area (Å²) in [7, 11) is 0. The average Bonchev–Trinajstić information content (AvgIpc) is 2.68. The Labute approximate surface area is 116 Å². The second-order valence-corrected chi connectivity index (χ2v) is 6.57. The molecule has 0 aromatic heterocycles. The summed E-state index contributed by atoms with van der Waals surface area (Å²) in [6.45, 7) is 2.12. The molecule has 0 saturated heterocycles. The Hall–Kier alpha value is -0.190. The lowest BCUT2D eigenvalue weighted by Crippen LogP contribution is -2.16. The maximum absolute atomic E-state index is 2.41. The summed E-state index contributed by atoms with van der Waals surface area (Å²) in [5.74, 6) is 2.12. The molecule has 0 saturated carbocycles. The SMILES string of the molecule is C/C=C1\Sc2ccc(CSC)cc2N1CSC. The molecule has 1 aromatic rings. The van der Waals surface area contributed by atoms with Gasteiger partial charge in [0, 0.05) is 10.6 Å². The number of thioether (sulfide) groups is 3. The molecule has 0 fully saturated rings. The molecule has 17 heavy (non-hydrogen) atoms. The summed E-state index contributed by atoms with van der Waals surface area (Å²) < 4.78 is 0. The predicted molar refractivity (Wildman–Crippen MR) is 84.1 cm³/mol. The largest absolute Gasteiger partial charge is 0.325 e. The lowest BCUT2D eigenvalue weighted by atomic mass is 10.2. The van der Waals surface area contributed by atoms with Gasteiger partial charge in [-0.05, 0) is 37.1 Å². The number of benzene rings is 1. The van der Waals surface area contributed by atoms with Crippen molar-refractivity contribution in [2.24, 2.45) is 0 Å². The van der Waals surface area contributed by atoms with Gasteiger partial charge in [0.15, 0.2) is 0 Å². The molecule has 1 heterocycles. The van der Waals surface area contributed by atoms with E-state index in [-0.39, 0.29) is 0 Å². The molecule has 0 unspecified atom stereocenters. The molecule has 1 aliphatic rings. The van der Waals surface area contributed by atoms with Crippen molar-refractivity contribution >= 4 is 41.0 Å². The number of hydrogen-bond donors (Lipinski definition) is 0. The molecule has 92 valence electrons. The van der Waals surface area contributed by atoms with E-state index >= 15 is 0 Å². The molecule has 2 rings (SSSR count). The molecule has 0 aliphatic carbocycles. The maximum Gasteiger partial charge on any atom is 0.0765 e. The van der Waals surface area contributed by atoms with Crippen LogP contribution < -0.4 is 4.90 Å². The topological polar surface area (TPSA) is 3.24 Å². The van der Waals surface area contributed by atoms with Gasteiger partial charge in [-0.2, -0.15) is 11.8 Å². The van der Waals surface area contributed by atoms with E-state index in [0.717, 1.165) is 11.6 Å². The van der Waals surface area contributed by atoms with E-state index < -0.39 is 0 Å². The highest BCUT2D eigenvalue weighted by atomic mass is 32.2. The van der Waals surface area contributed by atoms with Gasteiger partial charge < -0.3 is 4.90 Å². The quantitative estimate of drug-likeness (QED) is 0.791. The summed E-state index contributed by atoms with van der Waals surface area (Å²) in [4.78, 5) is 3.80. The molecule has 0 bridgehead atoms. The smallest absolute Gasteiger partial charge is 0.0765 e. The number of hydrogen-bond acceptors (Lipinski definition) is 4. The first-order chi connectivity index (χ1) is 8.30. The lowest BCUT2D eigenvalue weighted by molar-refractivity contribution is 1.13. The first-order valence-corrected chi connectivity index (χ1v) is 9.13. The molecule has 1 aliphatic heterocycles. The Morgan fingerprint density at radius 3 is 2.76 bits per heavy atom. The molecule has 0 amide bonds. The van der Waals surface area contributed by atoms with Crippen LogP contribution >= 0.6 is 35.3 Å². The third-order valence-corrected chi connectivity index (χ3v) is 4.98. The Balaban J connectivity index is 2.33. The molecular weight excluding hydrogens is 266 g/mol. The van der Waals surface area contributed by atoms with Crippen molar-refractivity contribution in [1.82, 2.24) is 0 Å². The molecule has 1 nitrogen and oxygen atoms in total. The fraction of sp³-hybridized carbons (Fsp3) is 0.385. The van der Waals surface area contributed by atoms with Crippen LogP contribution in [-0.4, -0.2) is 18.4 Å². The van der Waals surface area contributed by atoms with Crippen molar-refractivity contribution in [3.63, 3.8) is 0 Å². The van der Waals surface area contributed by atoms with Gasteiger partial charge >= 0.3 is 0 Å². The van der Waals surface area contributed by atoms with Crippen LogP contribution in [0.2, 0.25) is 0 Å². The third-order valence-electron chi connectivity index (χ3n) is 2.61. The van der Waals surface area contributed by atoms with Crippen molar-refractivity contribution in [3.05, 3.63) is 34.9 Å². The van der Waals surface area contributed by atoms with Crippen LogP contribution in [0.3, 0.4) is 0 Å². The summed E-state index contributed by atoms with van der Waals surface area (Å²) >= 11 is 5.62. The van der Waals surface area contributed by atoms with Crippen LogP contribution in [0.15, 0.2) is 34.2 Å². The zero-order chi connectivity index (χ0) is 12.3. The lowest BCUT2D eigenvalue weighted by Gasteiger charge is -2.19. The highest BCUT2D eigenvalue weighted by Gasteiger charge is 2.24. The minimum absolute atomic E-state index is 1.03. The van der Waals surface area contributed by atoms with Crippen molar-refractivity contribution in [1.29, 1.82) is 0 Å². The van der Waals surface area contributed by atoms with Crippen molar-refractivity contribution < 1.29 is 0 Å². The van der Waals surface area contributed by atoms with E-state index in [9.17, 15) is 0 Å². The van der Waals surface area contributed by atoms with Gasteiger partial charge in [0.25, 0.3) is 0 Å². The number of allylic oxidation sites excluding steroid dienone is 1. The molecule has 0 spiro atoms. The third kappa shape index (κ3) is 2.80. The fourth-order valence-corrected chi connectivity index (χ4v) is 4.04. The van der Waals surface area contributed by atoms with E-state index in [0.29, 0.717) is 0 Å². The van der Waals surface area contributed by atoms with Crippen molar-refractivity contribution in [3.8, 4) is 0 Å². The normalized spacial score (nSPS) is 16.6. The van der Waals surface area contributed by atoms with E-state index in [1.807, 2.05) is 35.3 Å². The summed E-state index contributed by atoms with van der Waals surface area (Å²) in [6, 6.07) is 6.85. The molecule has 0 radical (unpaired) electrons. The molecule has 1 aromatic carbocycles.